The largest absolute Gasteiger partial charge is 0.341 e. The Kier molecular flexibility index (Phi) is 6.56. The zero-order valence-electron chi connectivity index (χ0n) is 11.5. The molecule has 3 heteroatoms. The van der Waals surface area contributed by atoms with Gasteiger partial charge in [0.2, 0.25) is 5.91 Å². The fraction of sp³-hybridized carbons (Fsp3) is 0.929. The Bertz CT molecular complexity index is 222. The molecular formula is C14H28N2O. The molecular weight excluding hydrogens is 212 g/mol. The highest BCUT2D eigenvalue weighted by Gasteiger charge is 2.24. The Hall–Kier alpha value is -0.570. The van der Waals surface area contributed by atoms with Crippen LogP contribution in [0.4, 0.5) is 0 Å². The number of nitrogens with zero attached hydrogens (tertiary/aromatic N) is 1. The van der Waals surface area contributed by atoms with Crippen LogP contribution < -0.4 is 5.73 Å². The molecule has 17 heavy (non-hydrogen) atoms. The van der Waals surface area contributed by atoms with E-state index in [9.17, 15) is 4.79 Å². The molecule has 0 saturated heterocycles. The van der Waals surface area contributed by atoms with Crippen LogP contribution in [0.2, 0.25) is 0 Å². The minimum absolute atomic E-state index is 0.144. The van der Waals surface area contributed by atoms with Crippen molar-refractivity contribution < 1.29 is 4.79 Å². The summed E-state index contributed by atoms with van der Waals surface area (Å²) in [6, 6.07) is 0.140. The topological polar surface area (TPSA) is 46.3 Å². The normalized spacial score (nSPS) is 19.7. The van der Waals surface area contributed by atoms with Crippen molar-refractivity contribution in [1.82, 2.24) is 4.90 Å². The molecule has 0 aromatic carbocycles. The molecule has 0 aliphatic heterocycles. The first-order valence-corrected chi connectivity index (χ1v) is 7.19. The van der Waals surface area contributed by atoms with Gasteiger partial charge in [0.1, 0.15) is 0 Å². The molecule has 0 heterocycles. The maximum Gasteiger partial charge on any atom is 0.239 e. The van der Waals surface area contributed by atoms with E-state index in [1.54, 1.807) is 0 Å². The molecule has 1 saturated carbocycles. The zero-order chi connectivity index (χ0) is 12.7. The van der Waals surface area contributed by atoms with Crippen LogP contribution in [0, 0.1) is 0 Å². The van der Waals surface area contributed by atoms with Crippen LogP contribution in [-0.2, 0) is 4.79 Å². The van der Waals surface area contributed by atoms with Gasteiger partial charge in [-0.25, -0.2) is 0 Å². The van der Waals surface area contributed by atoms with E-state index in [0.29, 0.717) is 6.04 Å². The van der Waals surface area contributed by atoms with Gasteiger partial charge in [-0.3, -0.25) is 4.79 Å². The summed E-state index contributed by atoms with van der Waals surface area (Å²) in [6.45, 7) is 2.13. The molecule has 1 atom stereocenters. The van der Waals surface area contributed by atoms with Gasteiger partial charge < -0.3 is 10.6 Å². The van der Waals surface area contributed by atoms with E-state index in [1.165, 1.54) is 25.7 Å². The summed E-state index contributed by atoms with van der Waals surface area (Å²) in [4.78, 5) is 14.1. The second-order valence-corrected chi connectivity index (χ2v) is 5.34. The Morgan fingerprint density at radius 2 is 1.88 bits per heavy atom. The van der Waals surface area contributed by atoms with Gasteiger partial charge in [-0.05, 0) is 19.3 Å². The third-order valence-corrected chi connectivity index (χ3v) is 3.91. The van der Waals surface area contributed by atoms with E-state index < -0.39 is 0 Å². The summed E-state index contributed by atoms with van der Waals surface area (Å²) in [5.41, 5.74) is 5.96. The SMILES string of the molecule is CCCC[C@H](N)C(=O)N(C)C1CCCCCC1. The van der Waals surface area contributed by atoms with Crippen molar-refractivity contribution in [1.29, 1.82) is 0 Å². The second kappa shape index (κ2) is 7.70. The summed E-state index contributed by atoms with van der Waals surface area (Å²) in [6.07, 6.45) is 10.4. The van der Waals surface area contributed by atoms with Crippen molar-refractivity contribution in [3.63, 3.8) is 0 Å². The molecule has 2 N–H and O–H groups in total. The fourth-order valence-electron chi connectivity index (χ4n) is 2.63. The van der Waals surface area contributed by atoms with Crippen LogP contribution >= 0.6 is 0 Å². The van der Waals surface area contributed by atoms with Crippen LogP contribution in [0.15, 0.2) is 0 Å². The minimum Gasteiger partial charge on any atom is -0.341 e. The quantitative estimate of drug-likeness (QED) is 0.751. The second-order valence-electron chi connectivity index (χ2n) is 5.34. The highest BCUT2D eigenvalue weighted by molar-refractivity contribution is 5.81. The van der Waals surface area contributed by atoms with Crippen molar-refractivity contribution in [3.8, 4) is 0 Å². The molecule has 100 valence electrons. The number of carbonyl (C=O) groups is 1. The molecule has 1 aliphatic rings. The number of nitrogens with two attached hydrogens (primary N) is 1. The van der Waals surface area contributed by atoms with Crippen LogP contribution in [0.25, 0.3) is 0 Å². The van der Waals surface area contributed by atoms with Crippen LogP contribution in [0.5, 0.6) is 0 Å². The molecule has 0 aromatic rings. The Balaban J connectivity index is 2.43. The monoisotopic (exact) mass is 240 g/mol. The van der Waals surface area contributed by atoms with E-state index in [1.807, 2.05) is 11.9 Å². The first-order chi connectivity index (χ1) is 8.16. The minimum atomic E-state index is -0.289. The van der Waals surface area contributed by atoms with Gasteiger partial charge in [-0.15, -0.1) is 0 Å². The predicted molar refractivity (Wildman–Crippen MR) is 71.8 cm³/mol. The van der Waals surface area contributed by atoms with Crippen molar-refractivity contribution in [2.24, 2.45) is 5.73 Å². The molecule has 1 aliphatic carbocycles. The maximum absolute atomic E-state index is 12.2. The van der Waals surface area contributed by atoms with E-state index in [-0.39, 0.29) is 11.9 Å². The average Bonchev–Trinajstić information content (AvgIpc) is 2.62. The predicted octanol–water partition coefficient (Wildman–Crippen LogP) is 2.69. The number of hydrogen-bond donors (Lipinski definition) is 1. The third kappa shape index (κ3) is 4.66. The van der Waals surface area contributed by atoms with Gasteiger partial charge in [0.15, 0.2) is 0 Å². The van der Waals surface area contributed by atoms with E-state index in [0.717, 1.165) is 32.1 Å². The molecule has 0 aromatic heterocycles. The van der Waals surface area contributed by atoms with Crippen molar-refractivity contribution >= 4 is 5.91 Å². The zero-order valence-corrected chi connectivity index (χ0v) is 11.5. The number of rotatable bonds is 5. The first kappa shape index (κ1) is 14.5. The maximum atomic E-state index is 12.2. The number of amides is 1. The molecule has 1 amide bonds. The molecule has 1 rings (SSSR count). The van der Waals surface area contributed by atoms with Gasteiger partial charge in [0.25, 0.3) is 0 Å². The first-order valence-electron chi connectivity index (χ1n) is 7.19. The summed E-state index contributed by atoms with van der Waals surface area (Å²) < 4.78 is 0. The lowest BCUT2D eigenvalue weighted by atomic mass is 10.0. The van der Waals surface area contributed by atoms with Crippen LogP contribution in [-0.4, -0.2) is 29.9 Å². The molecule has 0 unspecified atom stereocenters. The Labute approximate surface area is 106 Å². The highest BCUT2D eigenvalue weighted by atomic mass is 16.2. The molecule has 3 nitrogen and oxygen atoms in total. The van der Waals surface area contributed by atoms with Crippen molar-refractivity contribution in [2.75, 3.05) is 7.05 Å². The van der Waals surface area contributed by atoms with E-state index in [2.05, 4.69) is 6.92 Å². The number of carbonyl (C=O) groups excluding carboxylic acids is 1. The molecule has 0 bridgehead atoms. The smallest absolute Gasteiger partial charge is 0.239 e. The van der Waals surface area contributed by atoms with Crippen LogP contribution in [0.1, 0.15) is 64.7 Å². The van der Waals surface area contributed by atoms with Gasteiger partial charge in [0, 0.05) is 13.1 Å². The lowest BCUT2D eigenvalue weighted by Gasteiger charge is -2.29. The van der Waals surface area contributed by atoms with Crippen LogP contribution in [0.3, 0.4) is 0 Å². The van der Waals surface area contributed by atoms with E-state index >= 15 is 0 Å². The average molecular weight is 240 g/mol. The summed E-state index contributed by atoms with van der Waals surface area (Å²) in [5.74, 6) is 0.144. The van der Waals surface area contributed by atoms with Gasteiger partial charge in [-0.1, -0.05) is 45.4 Å². The summed E-state index contributed by atoms with van der Waals surface area (Å²) in [5, 5.41) is 0. The number of unbranched alkanes of at least 4 members (excludes halogenated alkanes) is 1. The number of likely N-dealkylation sites (N-methyl/N-ethyl adjacent to an activating group) is 1. The summed E-state index contributed by atoms with van der Waals surface area (Å²) in [7, 11) is 1.93. The number of hydrogen-bond acceptors (Lipinski definition) is 2. The lowest BCUT2D eigenvalue weighted by Crippen LogP contribution is -2.46. The van der Waals surface area contributed by atoms with Gasteiger partial charge in [-0.2, -0.15) is 0 Å². The Morgan fingerprint density at radius 3 is 2.41 bits per heavy atom. The van der Waals surface area contributed by atoms with Crippen molar-refractivity contribution in [2.45, 2.75) is 76.8 Å². The molecule has 0 spiro atoms. The third-order valence-electron chi connectivity index (χ3n) is 3.91. The van der Waals surface area contributed by atoms with E-state index in [4.69, 9.17) is 5.73 Å². The van der Waals surface area contributed by atoms with Gasteiger partial charge in [0.05, 0.1) is 6.04 Å². The highest BCUT2D eigenvalue weighted by Crippen LogP contribution is 2.21. The lowest BCUT2D eigenvalue weighted by molar-refractivity contribution is -0.133. The molecule has 0 radical (unpaired) electrons. The Morgan fingerprint density at radius 1 is 1.29 bits per heavy atom. The van der Waals surface area contributed by atoms with Gasteiger partial charge >= 0.3 is 0 Å². The van der Waals surface area contributed by atoms with Crippen molar-refractivity contribution in [3.05, 3.63) is 0 Å². The molecule has 1 fully saturated rings. The fourth-order valence-corrected chi connectivity index (χ4v) is 2.63. The summed E-state index contributed by atoms with van der Waals surface area (Å²) >= 11 is 0. The standard InChI is InChI=1S/C14H28N2O/c1-3-4-11-13(15)14(17)16(2)12-9-7-5-6-8-10-12/h12-13H,3-11,15H2,1-2H3/t13-/m0/s1.